The van der Waals surface area contributed by atoms with Crippen molar-refractivity contribution in [1.82, 2.24) is 5.32 Å². The van der Waals surface area contributed by atoms with Crippen molar-refractivity contribution in [2.45, 2.75) is 12.7 Å². The first-order valence-corrected chi connectivity index (χ1v) is 3.38. The van der Waals surface area contributed by atoms with Gasteiger partial charge in [0.05, 0.1) is 19.4 Å². The number of furan rings is 1. The highest BCUT2D eigenvalue weighted by atomic mass is 19.4. The van der Waals surface area contributed by atoms with E-state index >= 15 is 0 Å². The minimum atomic E-state index is -4.16. The molecule has 1 aromatic heterocycles. The lowest BCUT2D eigenvalue weighted by Crippen LogP contribution is -2.28. The highest BCUT2D eigenvalue weighted by molar-refractivity contribution is 4.97. The van der Waals surface area contributed by atoms with Crippen molar-refractivity contribution in [1.29, 1.82) is 0 Å². The van der Waals surface area contributed by atoms with E-state index in [1.807, 2.05) is 0 Å². The molecular formula is C7H8F3NO. The molecule has 0 atom stereocenters. The SMILES string of the molecule is FC(F)(F)CNCc1ccco1. The van der Waals surface area contributed by atoms with Crippen LogP contribution < -0.4 is 5.32 Å². The van der Waals surface area contributed by atoms with E-state index in [2.05, 4.69) is 5.32 Å². The summed E-state index contributed by atoms with van der Waals surface area (Å²) in [6.07, 6.45) is -2.74. The van der Waals surface area contributed by atoms with Crippen molar-refractivity contribution in [2.75, 3.05) is 6.54 Å². The van der Waals surface area contributed by atoms with Gasteiger partial charge in [0.2, 0.25) is 0 Å². The van der Waals surface area contributed by atoms with Gasteiger partial charge in [0.25, 0.3) is 0 Å². The average Bonchev–Trinajstić information content (AvgIpc) is 2.36. The van der Waals surface area contributed by atoms with Gasteiger partial charge in [-0.3, -0.25) is 0 Å². The minimum Gasteiger partial charge on any atom is -0.468 e. The van der Waals surface area contributed by atoms with Gasteiger partial charge in [0.15, 0.2) is 0 Å². The Kier molecular flexibility index (Phi) is 2.75. The summed E-state index contributed by atoms with van der Waals surface area (Å²) in [5.41, 5.74) is 0. The monoisotopic (exact) mass is 179 g/mol. The summed E-state index contributed by atoms with van der Waals surface area (Å²) in [6, 6.07) is 3.24. The molecule has 1 heterocycles. The fourth-order valence-corrected chi connectivity index (χ4v) is 0.741. The van der Waals surface area contributed by atoms with Gasteiger partial charge in [-0.1, -0.05) is 0 Å². The first-order valence-electron chi connectivity index (χ1n) is 3.38. The quantitative estimate of drug-likeness (QED) is 0.766. The van der Waals surface area contributed by atoms with Crippen LogP contribution in [0.3, 0.4) is 0 Å². The second kappa shape index (κ2) is 3.62. The Morgan fingerprint density at radius 2 is 2.17 bits per heavy atom. The average molecular weight is 179 g/mol. The van der Waals surface area contributed by atoms with Crippen LogP contribution in [-0.2, 0) is 6.54 Å². The number of rotatable bonds is 3. The standard InChI is InChI=1S/C7H8F3NO/c8-7(9,10)5-11-4-6-2-1-3-12-6/h1-3,11H,4-5H2. The van der Waals surface area contributed by atoms with Gasteiger partial charge in [-0.2, -0.15) is 13.2 Å². The molecule has 0 bridgehead atoms. The van der Waals surface area contributed by atoms with Crippen LogP contribution in [0.4, 0.5) is 13.2 Å². The molecule has 5 heteroatoms. The van der Waals surface area contributed by atoms with Crippen molar-refractivity contribution in [2.24, 2.45) is 0 Å². The summed E-state index contributed by atoms with van der Waals surface area (Å²) in [4.78, 5) is 0. The fraction of sp³-hybridized carbons (Fsp3) is 0.429. The van der Waals surface area contributed by atoms with Crippen LogP contribution in [0.5, 0.6) is 0 Å². The van der Waals surface area contributed by atoms with Gasteiger partial charge in [-0.15, -0.1) is 0 Å². The molecule has 0 radical (unpaired) electrons. The molecule has 0 aliphatic heterocycles. The Morgan fingerprint density at radius 3 is 2.67 bits per heavy atom. The Bertz CT molecular complexity index is 217. The molecule has 1 N–H and O–H groups in total. The van der Waals surface area contributed by atoms with E-state index in [0.29, 0.717) is 5.76 Å². The molecule has 2 nitrogen and oxygen atoms in total. The van der Waals surface area contributed by atoms with Crippen molar-refractivity contribution in [3.8, 4) is 0 Å². The zero-order valence-corrected chi connectivity index (χ0v) is 6.19. The maximum absolute atomic E-state index is 11.6. The van der Waals surface area contributed by atoms with Crippen LogP contribution in [0.25, 0.3) is 0 Å². The van der Waals surface area contributed by atoms with Crippen LogP contribution in [0.1, 0.15) is 5.76 Å². The van der Waals surface area contributed by atoms with Crippen LogP contribution in [-0.4, -0.2) is 12.7 Å². The summed E-state index contributed by atoms with van der Waals surface area (Å²) in [5, 5.41) is 2.21. The maximum atomic E-state index is 11.6. The van der Waals surface area contributed by atoms with E-state index in [-0.39, 0.29) is 6.54 Å². The van der Waals surface area contributed by atoms with Gasteiger partial charge < -0.3 is 9.73 Å². The molecule has 0 unspecified atom stereocenters. The van der Waals surface area contributed by atoms with Gasteiger partial charge in [-0.25, -0.2) is 0 Å². The highest BCUT2D eigenvalue weighted by Gasteiger charge is 2.26. The number of nitrogens with one attached hydrogen (secondary N) is 1. The van der Waals surface area contributed by atoms with Crippen LogP contribution in [0.2, 0.25) is 0 Å². The third-order valence-corrected chi connectivity index (χ3v) is 1.20. The number of hydrogen-bond donors (Lipinski definition) is 1. The van der Waals surface area contributed by atoms with Gasteiger partial charge in [0.1, 0.15) is 5.76 Å². The van der Waals surface area contributed by atoms with Crippen LogP contribution in [0, 0.1) is 0 Å². The predicted molar refractivity (Wildman–Crippen MR) is 36.5 cm³/mol. The highest BCUT2D eigenvalue weighted by Crippen LogP contribution is 2.12. The van der Waals surface area contributed by atoms with E-state index in [4.69, 9.17) is 4.42 Å². The van der Waals surface area contributed by atoms with Gasteiger partial charge in [-0.05, 0) is 12.1 Å². The number of alkyl halides is 3. The summed E-state index contributed by atoms with van der Waals surface area (Å²) in [6.45, 7) is -0.889. The molecule has 0 spiro atoms. The Labute approximate surface area is 67.4 Å². The molecule has 0 amide bonds. The maximum Gasteiger partial charge on any atom is 0.401 e. The van der Waals surface area contributed by atoms with Gasteiger partial charge >= 0.3 is 6.18 Å². The Hall–Kier alpha value is -0.970. The van der Waals surface area contributed by atoms with Crippen LogP contribution in [0.15, 0.2) is 22.8 Å². The normalized spacial score (nSPS) is 11.9. The Balaban J connectivity index is 2.20. The largest absolute Gasteiger partial charge is 0.468 e. The molecule has 0 fully saturated rings. The zero-order chi connectivity index (χ0) is 9.03. The lowest BCUT2D eigenvalue weighted by atomic mass is 10.4. The molecule has 12 heavy (non-hydrogen) atoms. The van der Waals surface area contributed by atoms with Crippen molar-refractivity contribution in [3.63, 3.8) is 0 Å². The number of hydrogen-bond acceptors (Lipinski definition) is 2. The first kappa shape index (κ1) is 9.12. The first-order chi connectivity index (χ1) is 5.58. The topological polar surface area (TPSA) is 25.2 Å². The smallest absolute Gasteiger partial charge is 0.401 e. The molecule has 1 aromatic rings. The molecule has 1 rings (SSSR count). The molecule has 0 aromatic carbocycles. The van der Waals surface area contributed by atoms with E-state index in [0.717, 1.165) is 0 Å². The molecular weight excluding hydrogens is 171 g/mol. The summed E-state index contributed by atoms with van der Waals surface area (Å²) in [5.74, 6) is 0.499. The van der Waals surface area contributed by atoms with Crippen molar-refractivity contribution >= 4 is 0 Å². The van der Waals surface area contributed by atoms with Gasteiger partial charge in [0, 0.05) is 0 Å². The molecule has 0 saturated heterocycles. The zero-order valence-electron chi connectivity index (χ0n) is 6.19. The second-order valence-corrected chi connectivity index (χ2v) is 2.30. The van der Waals surface area contributed by atoms with E-state index in [1.54, 1.807) is 12.1 Å². The number of halogens is 3. The lowest BCUT2D eigenvalue weighted by Gasteiger charge is -2.05. The van der Waals surface area contributed by atoms with E-state index in [1.165, 1.54) is 6.26 Å². The predicted octanol–water partition coefficient (Wildman–Crippen LogP) is 1.93. The molecule has 68 valence electrons. The van der Waals surface area contributed by atoms with Crippen molar-refractivity contribution in [3.05, 3.63) is 24.2 Å². The third kappa shape index (κ3) is 3.43. The summed E-state index contributed by atoms with van der Waals surface area (Å²) in [7, 11) is 0. The second-order valence-electron chi connectivity index (χ2n) is 2.30. The minimum absolute atomic E-state index is 0.104. The molecule has 0 saturated carbocycles. The molecule has 0 aliphatic carbocycles. The van der Waals surface area contributed by atoms with Crippen molar-refractivity contribution < 1.29 is 17.6 Å². The third-order valence-electron chi connectivity index (χ3n) is 1.20. The lowest BCUT2D eigenvalue weighted by molar-refractivity contribution is -0.125. The molecule has 0 aliphatic rings. The summed E-state index contributed by atoms with van der Waals surface area (Å²) >= 11 is 0. The summed E-state index contributed by atoms with van der Waals surface area (Å²) < 4.78 is 39.6. The van der Waals surface area contributed by atoms with E-state index < -0.39 is 12.7 Å². The fourth-order valence-electron chi connectivity index (χ4n) is 0.741. The van der Waals surface area contributed by atoms with Crippen LogP contribution >= 0.6 is 0 Å². The van der Waals surface area contributed by atoms with E-state index in [9.17, 15) is 13.2 Å². The Morgan fingerprint density at radius 1 is 1.42 bits per heavy atom.